The lowest BCUT2D eigenvalue weighted by molar-refractivity contribution is -0.149. The number of nitrogens with one attached hydrogen (secondary N) is 4. The molecular weight excluding hydrogens is 1410 g/mol. The fraction of sp³-hybridized carbons (Fsp3) is 0.619. The van der Waals surface area contributed by atoms with E-state index in [1.807, 2.05) is 109 Å². The van der Waals surface area contributed by atoms with Crippen LogP contribution in [0.5, 0.6) is 0 Å². The highest BCUT2D eigenvalue weighted by molar-refractivity contribution is 6.12. The number of nitrogens with zero attached hydrogens (tertiary/aromatic N) is 4. The van der Waals surface area contributed by atoms with Crippen LogP contribution in [0.2, 0.25) is 0 Å². The maximum absolute atomic E-state index is 14.7. The summed E-state index contributed by atoms with van der Waals surface area (Å²) in [5.41, 5.74) is 8.43. The SMILES string of the molecule is CCC(C)C(C(CC(=O)N1CCCC1C(OC)C(C)C(=O)C[C@@H](Cc1ccccc1)C(=O)NCCc1ccc(CC(=O)C(CCCNC(N)=O)NC(=O)[C@H](CC(=O)C[C@@H]2O[C@H](CNC(=O)CCCCCN3C(=O)C=CC3=O)C(O)C2O)Cc2ccccc2)cc1)OC)N(C)C(=O)[C@@H](CC(=O)C(C(C)C)N(C)C)C(C)C. The minimum atomic E-state index is -1.48. The lowest BCUT2D eigenvalue weighted by Gasteiger charge is -2.41. The molecule has 3 aromatic carbocycles. The molecule has 110 heavy (non-hydrogen) atoms. The topological polar surface area (TPSA) is 360 Å². The third-order valence-corrected chi connectivity index (χ3v) is 22.1. The van der Waals surface area contributed by atoms with Gasteiger partial charge in [0.05, 0.1) is 48.9 Å². The van der Waals surface area contributed by atoms with Crippen LogP contribution >= 0.6 is 0 Å². The predicted octanol–water partition coefficient (Wildman–Crippen LogP) is 6.25. The number of Topliss-reactive ketones (excluding diaryl/α,β-unsaturated/α-hetero) is 4. The lowest BCUT2D eigenvalue weighted by atomic mass is 9.83. The molecule has 3 aromatic rings. The third-order valence-electron chi connectivity index (χ3n) is 22.1. The molecule has 0 saturated carbocycles. The molecule has 9 amide bonds. The summed E-state index contributed by atoms with van der Waals surface area (Å²) < 4.78 is 18.2. The van der Waals surface area contributed by atoms with Crippen LogP contribution in [0.25, 0.3) is 0 Å². The molecule has 6 rings (SSSR count). The van der Waals surface area contributed by atoms with Crippen molar-refractivity contribution in [2.45, 2.75) is 225 Å². The van der Waals surface area contributed by atoms with Crippen LogP contribution in [0, 0.1) is 41.4 Å². The number of hydrogen-bond acceptors (Lipinski definition) is 18. The number of carbonyl (C=O) groups excluding carboxylic acids is 12. The number of methoxy groups -OCH3 is 2. The summed E-state index contributed by atoms with van der Waals surface area (Å²) in [5, 5.41) is 33.1. The van der Waals surface area contributed by atoms with Gasteiger partial charge < -0.3 is 61.2 Å². The Labute approximate surface area is 649 Å². The highest BCUT2D eigenvalue weighted by Gasteiger charge is 2.46. The molecule has 26 heteroatoms. The van der Waals surface area contributed by atoms with Gasteiger partial charge in [0.1, 0.15) is 29.9 Å². The van der Waals surface area contributed by atoms with E-state index in [0.29, 0.717) is 57.1 Å². The Hall–Kier alpha value is -8.40. The number of nitrogens with two attached hydrogens (primary N) is 1. The summed E-state index contributed by atoms with van der Waals surface area (Å²) >= 11 is 0. The van der Waals surface area contributed by atoms with Crippen molar-refractivity contribution in [3.8, 4) is 0 Å². The lowest BCUT2D eigenvalue weighted by Crippen LogP contribution is -2.54. The van der Waals surface area contributed by atoms with Crippen molar-refractivity contribution in [1.82, 2.24) is 40.9 Å². The number of ketones is 4. The van der Waals surface area contributed by atoms with Crippen molar-refractivity contribution < 1.29 is 82.0 Å². The van der Waals surface area contributed by atoms with E-state index in [9.17, 15) is 67.7 Å². The van der Waals surface area contributed by atoms with E-state index in [0.717, 1.165) is 21.6 Å². The van der Waals surface area contributed by atoms with E-state index < -0.39 is 96.1 Å². The number of rotatable bonds is 49. The number of aliphatic hydroxyl groups is 2. The molecule has 3 aliphatic rings. The van der Waals surface area contributed by atoms with Gasteiger partial charge in [-0.1, -0.05) is 146 Å². The molecule has 3 heterocycles. The molecule has 2 fully saturated rings. The van der Waals surface area contributed by atoms with Crippen LogP contribution in [0.1, 0.15) is 161 Å². The van der Waals surface area contributed by atoms with Crippen molar-refractivity contribution in [2.24, 2.45) is 47.2 Å². The fourth-order valence-electron chi connectivity index (χ4n) is 15.7. The van der Waals surface area contributed by atoms with Gasteiger partial charge in [-0.2, -0.15) is 0 Å². The number of amides is 9. The number of carbonyl (C=O) groups is 12. The summed E-state index contributed by atoms with van der Waals surface area (Å²) in [5.74, 6) is -6.52. The summed E-state index contributed by atoms with van der Waals surface area (Å²) in [7, 11) is 8.59. The number of urea groups is 1. The monoisotopic (exact) mass is 1530 g/mol. The Balaban J connectivity index is 1.05. The maximum Gasteiger partial charge on any atom is 0.312 e. The first-order valence-corrected chi connectivity index (χ1v) is 39.3. The third kappa shape index (κ3) is 27.2. The van der Waals surface area contributed by atoms with E-state index in [1.165, 1.54) is 19.3 Å². The zero-order valence-electron chi connectivity index (χ0n) is 66.7. The Morgan fingerprint density at radius 1 is 0.655 bits per heavy atom. The predicted molar refractivity (Wildman–Crippen MR) is 416 cm³/mol. The number of likely N-dealkylation sites (tertiary alicyclic amines) is 1. The zero-order chi connectivity index (χ0) is 80.9. The molecule has 26 nitrogen and oxygen atoms in total. The van der Waals surface area contributed by atoms with E-state index in [4.69, 9.17) is 19.9 Å². The molecule has 0 bridgehead atoms. The molecule has 2 saturated heterocycles. The van der Waals surface area contributed by atoms with Crippen molar-refractivity contribution in [1.29, 1.82) is 0 Å². The molecule has 8 N–H and O–H groups in total. The van der Waals surface area contributed by atoms with Gasteiger partial charge in [-0.05, 0) is 112 Å². The quantitative estimate of drug-likeness (QED) is 0.0243. The Morgan fingerprint density at radius 3 is 1.84 bits per heavy atom. The Morgan fingerprint density at radius 2 is 1.26 bits per heavy atom. The zero-order valence-corrected chi connectivity index (χ0v) is 66.7. The number of primary amides is 1. The van der Waals surface area contributed by atoms with Gasteiger partial charge in [-0.25, -0.2) is 4.79 Å². The van der Waals surface area contributed by atoms with E-state index in [-0.39, 0.29) is 173 Å². The largest absolute Gasteiger partial charge is 0.388 e. The van der Waals surface area contributed by atoms with Gasteiger partial charge in [-0.3, -0.25) is 62.5 Å². The van der Waals surface area contributed by atoms with Crippen LogP contribution in [0.15, 0.2) is 97.1 Å². The number of likely N-dealkylation sites (N-methyl/N-ethyl adjacent to an activating group) is 2. The minimum Gasteiger partial charge on any atom is -0.388 e. The second-order valence-electron chi connectivity index (χ2n) is 31.1. The molecule has 10 unspecified atom stereocenters. The van der Waals surface area contributed by atoms with Crippen LogP contribution in [-0.4, -0.2) is 229 Å². The van der Waals surface area contributed by atoms with Crippen LogP contribution < -0.4 is 27.0 Å². The van der Waals surface area contributed by atoms with E-state index >= 15 is 0 Å². The summed E-state index contributed by atoms with van der Waals surface area (Å²) in [6, 6.07) is 22.6. The smallest absolute Gasteiger partial charge is 0.312 e. The Bertz CT molecular complexity index is 3530. The average molecular weight is 1530 g/mol. The number of ether oxygens (including phenoxy) is 3. The second-order valence-corrected chi connectivity index (χ2v) is 31.1. The van der Waals surface area contributed by atoms with Crippen LogP contribution in [0.3, 0.4) is 0 Å². The summed E-state index contributed by atoms with van der Waals surface area (Å²) in [6.07, 6.45) is -0.0841. The molecule has 0 spiro atoms. The molecule has 0 radical (unpaired) electrons. The minimum absolute atomic E-state index is 0.00802. The first-order valence-electron chi connectivity index (χ1n) is 39.3. The first-order chi connectivity index (χ1) is 52.4. The molecule has 15 atom stereocenters. The van der Waals surface area contributed by atoms with Gasteiger partial charge in [0.25, 0.3) is 11.8 Å². The number of unbranched alkanes of at least 4 members (excludes halogenated alkanes) is 2. The van der Waals surface area contributed by atoms with Gasteiger partial charge in [0.15, 0.2) is 11.6 Å². The van der Waals surface area contributed by atoms with Crippen molar-refractivity contribution in [3.63, 3.8) is 0 Å². The van der Waals surface area contributed by atoms with Crippen molar-refractivity contribution >= 4 is 70.5 Å². The Kier molecular flexibility index (Phi) is 37.2. The van der Waals surface area contributed by atoms with Crippen LogP contribution in [0.4, 0.5) is 4.79 Å². The van der Waals surface area contributed by atoms with Gasteiger partial charge in [0, 0.05) is 128 Å². The van der Waals surface area contributed by atoms with Gasteiger partial charge in [0.2, 0.25) is 29.5 Å². The highest BCUT2D eigenvalue weighted by atomic mass is 16.5. The number of benzene rings is 3. The highest BCUT2D eigenvalue weighted by Crippen LogP contribution is 2.33. The number of imide groups is 1. The number of aliphatic hydroxyl groups excluding tert-OH is 2. The molecule has 0 aromatic heterocycles. The van der Waals surface area contributed by atoms with Gasteiger partial charge in [-0.15, -0.1) is 0 Å². The van der Waals surface area contributed by atoms with E-state index in [1.54, 1.807) is 67.3 Å². The summed E-state index contributed by atoms with van der Waals surface area (Å²) in [6.45, 7) is 14.6. The number of hydrogen-bond donors (Lipinski definition) is 7. The van der Waals surface area contributed by atoms with Crippen LogP contribution in [-0.2, 0) is 92.6 Å². The first kappa shape index (κ1) is 90.5. The molecule has 0 aliphatic carbocycles. The van der Waals surface area contributed by atoms with Crippen molar-refractivity contribution in [3.05, 3.63) is 119 Å². The normalized spacial score (nSPS) is 19.8. The van der Waals surface area contributed by atoms with E-state index in [2.05, 4.69) is 21.3 Å². The fourth-order valence-corrected chi connectivity index (χ4v) is 15.7. The molecule has 606 valence electrons. The second kappa shape index (κ2) is 45.2. The standard InChI is InChI=1S/C84H123N9O17/c1-13-54(6)77(91(10)83(106)63(52(2)3)49-68(97)76(53(4)5)90(8)9)69(108-11)50-75(101)92-42-24-30-65(92)80(109-12)55(7)66(95)47-61(44-58-27-19-15-20-28-58)81(104)86-40-38-56-32-34-59(35-33-56)45-67(96)64(29-23-39-87-84(85)107)89-82(105)60(43-57-25-17-14-18-26-57)46-62(94)48-70-78(102)79(103)71(110-70)51-88-72(98)31-21-16-22-41-93-73(99)36-37-74(93)100/h14-15,17-20,25-28,32-37,52-55,60-61,63-65,69-71,76-80,102-103H,13,16,21-24,29-31,38-51H2,1-12H3,(H,86,104)(H,88,98)(H,89,105)(H3,85,87,107)/t54?,55?,60-,61+,63-,64?,65?,69?,70-,71+,76?,77?,78?,79?,80?/m0/s1. The molecule has 3 aliphatic heterocycles. The van der Waals surface area contributed by atoms with Gasteiger partial charge >= 0.3 is 6.03 Å². The summed E-state index contributed by atoms with van der Waals surface area (Å²) in [4.78, 5) is 169. The maximum atomic E-state index is 14.7. The average Bonchev–Trinajstić information content (AvgIpc) is 1.64. The molecular formula is C84H123N9O17. The van der Waals surface area contributed by atoms with Crippen molar-refractivity contribution in [2.75, 3.05) is 68.1 Å².